The number of carbonyl (C=O) groups is 2. The van der Waals surface area contributed by atoms with E-state index < -0.39 is 11.9 Å². The predicted octanol–water partition coefficient (Wildman–Crippen LogP) is 1.40. The first-order chi connectivity index (χ1) is 15.5. The summed E-state index contributed by atoms with van der Waals surface area (Å²) in [4.78, 5) is 18.0. The van der Waals surface area contributed by atoms with Crippen molar-refractivity contribution in [3.05, 3.63) is 83.8 Å². The van der Waals surface area contributed by atoms with E-state index in [4.69, 9.17) is 33.7 Å². The van der Waals surface area contributed by atoms with Crippen molar-refractivity contribution in [3.8, 4) is 11.5 Å². The van der Waals surface area contributed by atoms with Gasteiger partial charge in [-0.2, -0.15) is 0 Å². The number of ether oxygens (including phenoxy) is 2. The van der Waals surface area contributed by atoms with Gasteiger partial charge in [0.1, 0.15) is 12.3 Å². The van der Waals surface area contributed by atoms with Crippen molar-refractivity contribution in [1.29, 1.82) is 0 Å². The number of benzene rings is 2. The molecule has 0 spiro atoms. The maximum Gasteiger partial charge on any atom is 0.351 e. The van der Waals surface area contributed by atoms with Crippen molar-refractivity contribution in [2.24, 2.45) is 0 Å². The van der Waals surface area contributed by atoms with Gasteiger partial charge in [-0.1, -0.05) is 30.3 Å². The normalized spacial score (nSPS) is 11.1. The van der Waals surface area contributed by atoms with Crippen LogP contribution in [0.3, 0.4) is 0 Å². The standard InChI is InChI=1S/C22H25NO3.C2H2O4/c1-24-21-11-10-17(15-22(21)25-2)16-23-13-12-19(20-9-6-14-26-20)18-7-4-3-5-8-18;3-1(4)2(5)6/h3-11,14-15,19,23H,12-13,16H2,1-2H3;(H,3,4)(H,5,6). The van der Waals surface area contributed by atoms with E-state index in [-0.39, 0.29) is 5.92 Å². The van der Waals surface area contributed by atoms with Gasteiger partial charge in [0.15, 0.2) is 17.5 Å². The fourth-order valence-corrected chi connectivity index (χ4v) is 3.21. The second-order valence-corrected chi connectivity index (χ2v) is 6.83. The van der Waals surface area contributed by atoms with E-state index in [1.165, 1.54) is 11.1 Å². The maximum atomic E-state index is 9.04. The fourth-order valence-electron chi connectivity index (χ4n) is 3.21. The number of carbonyl (C=O) groups excluding carboxylic acids is 1. The molecule has 32 heavy (non-hydrogen) atoms. The van der Waals surface area contributed by atoms with Crippen molar-refractivity contribution in [2.75, 3.05) is 20.8 Å². The molecule has 0 fully saturated rings. The van der Waals surface area contributed by atoms with Crippen LogP contribution in [0.15, 0.2) is 71.3 Å². The van der Waals surface area contributed by atoms with Gasteiger partial charge in [0.2, 0.25) is 0 Å². The van der Waals surface area contributed by atoms with Gasteiger partial charge < -0.3 is 34.2 Å². The zero-order valence-corrected chi connectivity index (χ0v) is 18.0. The van der Waals surface area contributed by atoms with Crippen LogP contribution in [-0.2, 0) is 16.1 Å². The number of methoxy groups -OCH3 is 2. The fraction of sp³-hybridized carbons (Fsp3) is 0.250. The van der Waals surface area contributed by atoms with Crippen LogP contribution < -0.4 is 19.9 Å². The monoisotopic (exact) mass is 441 g/mol. The summed E-state index contributed by atoms with van der Waals surface area (Å²) in [5, 5.41) is 18.6. The van der Waals surface area contributed by atoms with Gasteiger partial charge in [0.25, 0.3) is 0 Å². The Morgan fingerprint density at radius 1 is 1.03 bits per heavy atom. The molecule has 8 nitrogen and oxygen atoms in total. The molecule has 0 radical (unpaired) electrons. The predicted molar refractivity (Wildman–Crippen MR) is 114 cm³/mol. The van der Waals surface area contributed by atoms with Gasteiger partial charge in [-0.05, 0) is 35.9 Å². The molecule has 0 saturated heterocycles. The number of quaternary nitrogens is 1. The summed E-state index contributed by atoms with van der Waals surface area (Å²) in [6.07, 6.45) is 2.77. The Morgan fingerprint density at radius 2 is 1.72 bits per heavy atom. The van der Waals surface area contributed by atoms with Gasteiger partial charge in [-0.15, -0.1) is 0 Å². The zero-order valence-electron chi connectivity index (χ0n) is 18.0. The Balaban J connectivity index is 0.000000534. The number of furan rings is 1. The number of hydrogen-bond acceptors (Lipinski definition) is 6. The molecule has 0 aliphatic heterocycles. The number of nitrogens with two attached hydrogens (primary N) is 1. The topological polar surface area (TPSA) is 126 Å². The average Bonchev–Trinajstić information content (AvgIpc) is 3.34. The SMILES string of the molecule is COc1ccc(C[NH2+]CCC(c2ccccc2)c2ccco2)cc1OC.O=C([O-])C(=O)O. The van der Waals surface area contributed by atoms with Gasteiger partial charge in [-0.25, -0.2) is 4.79 Å². The third kappa shape index (κ3) is 7.48. The minimum Gasteiger partial charge on any atom is -0.539 e. The van der Waals surface area contributed by atoms with E-state index in [1.807, 2.05) is 24.3 Å². The lowest BCUT2D eigenvalue weighted by molar-refractivity contribution is -0.671. The third-order valence-corrected chi connectivity index (χ3v) is 4.75. The summed E-state index contributed by atoms with van der Waals surface area (Å²) in [6.45, 7) is 1.91. The third-order valence-electron chi connectivity index (χ3n) is 4.75. The van der Waals surface area contributed by atoms with Crippen molar-refractivity contribution in [3.63, 3.8) is 0 Å². The highest BCUT2D eigenvalue weighted by atomic mass is 16.5. The molecule has 3 aromatic rings. The van der Waals surface area contributed by atoms with Crippen LogP contribution in [0.5, 0.6) is 11.5 Å². The summed E-state index contributed by atoms with van der Waals surface area (Å²) < 4.78 is 16.3. The van der Waals surface area contributed by atoms with Gasteiger partial charge >= 0.3 is 5.97 Å². The van der Waals surface area contributed by atoms with Crippen LogP contribution in [0.25, 0.3) is 0 Å². The zero-order chi connectivity index (χ0) is 23.3. The molecule has 0 bridgehead atoms. The molecule has 3 rings (SSSR count). The van der Waals surface area contributed by atoms with E-state index in [2.05, 4.69) is 41.7 Å². The summed E-state index contributed by atoms with van der Waals surface area (Å²) in [5.74, 6) is -1.16. The molecule has 0 saturated carbocycles. The summed E-state index contributed by atoms with van der Waals surface area (Å²) in [6, 6.07) is 20.6. The molecule has 0 amide bonds. The van der Waals surface area contributed by atoms with Crippen molar-refractivity contribution >= 4 is 11.9 Å². The summed E-state index contributed by atoms with van der Waals surface area (Å²) in [5.41, 5.74) is 2.51. The largest absolute Gasteiger partial charge is 0.539 e. The molecule has 1 atom stereocenters. The Labute approximate surface area is 186 Å². The van der Waals surface area contributed by atoms with Crippen LogP contribution in [0, 0.1) is 0 Å². The highest BCUT2D eigenvalue weighted by Crippen LogP contribution is 2.28. The second kappa shape index (κ2) is 12.8. The molecule has 1 heterocycles. The smallest absolute Gasteiger partial charge is 0.351 e. The summed E-state index contributed by atoms with van der Waals surface area (Å²) in [7, 11) is 3.32. The van der Waals surface area contributed by atoms with E-state index in [1.54, 1.807) is 20.5 Å². The molecule has 1 aromatic heterocycles. The summed E-state index contributed by atoms with van der Waals surface area (Å²) >= 11 is 0. The Hall–Kier alpha value is -3.78. The van der Waals surface area contributed by atoms with Gasteiger partial charge in [-0.3, -0.25) is 0 Å². The number of carboxylic acids is 2. The molecule has 0 aliphatic rings. The molecule has 8 heteroatoms. The van der Waals surface area contributed by atoms with Crippen molar-refractivity contribution < 1.29 is 39.0 Å². The minimum atomic E-state index is -2.07. The van der Waals surface area contributed by atoms with Gasteiger partial charge in [0, 0.05) is 17.9 Å². The van der Waals surface area contributed by atoms with Crippen LogP contribution in [0.4, 0.5) is 0 Å². The maximum absolute atomic E-state index is 9.04. The lowest BCUT2D eigenvalue weighted by Crippen LogP contribution is -2.82. The molecular formula is C24H27NO7. The molecule has 0 aliphatic carbocycles. The lowest BCUT2D eigenvalue weighted by atomic mass is 9.93. The van der Waals surface area contributed by atoms with E-state index >= 15 is 0 Å². The first-order valence-corrected chi connectivity index (χ1v) is 10.0. The van der Waals surface area contributed by atoms with Crippen LogP contribution >= 0.6 is 0 Å². The molecular weight excluding hydrogens is 414 g/mol. The van der Waals surface area contributed by atoms with E-state index in [9.17, 15) is 0 Å². The number of rotatable bonds is 9. The van der Waals surface area contributed by atoms with Gasteiger partial charge in [0.05, 0.1) is 27.0 Å². The molecule has 3 N–H and O–H groups in total. The second-order valence-electron chi connectivity index (χ2n) is 6.83. The molecule has 1 unspecified atom stereocenters. The van der Waals surface area contributed by atoms with E-state index in [0.29, 0.717) is 0 Å². The average molecular weight is 441 g/mol. The molecule has 2 aromatic carbocycles. The highest BCUT2D eigenvalue weighted by Gasteiger charge is 2.17. The van der Waals surface area contributed by atoms with Crippen molar-refractivity contribution in [2.45, 2.75) is 18.9 Å². The van der Waals surface area contributed by atoms with Crippen molar-refractivity contribution in [1.82, 2.24) is 0 Å². The highest BCUT2D eigenvalue weighted by molar-refractivity contribution is 6.26. The Bertz CT molecular complexity index is 959. The Morgan fingerprint density at radius 3 is 2.28 bits per heavy atom. The van der Waals surface area contributed by atoms with Crippen LogP contribution in [0.2, 0.25) is 0 Å². The van der Waals surface area contributed by atoms with Crippen LogP contribution in [-0.4, -0.2) is 37.8 Å². The number of hydrogen-bond donors (Lipinski definition) is 2. The van der Waals surface area contributed by atoms with Crippen LogP contribution in [0.1, 0.15) is 29.2 Å². The first kappa shape index (κ1) is 24.5. The lowest BCUT2D eigenvalue weighted by Gasteiger charge is -2.14. The van der Waals surface area contributed by atoms with E-state index in [0.717, 1.165) is 36.8 Å². The Kier molecular flexibility index (Phi) is 9.80. The number of aliphatic carboxylic acids is 2. The number of carboxylic acid groups (broad SMARTS) is 2. The molecule has 170 valence electrons. The first-order valence-electron chi connectivity index (χ1n) is 10.0. The quantitative estimate of drug-likeness (QED) is 0.380. The minimum absolute atomic E-state index is 0.285.